The second-order valence-electron chi connectivity index (χ2n) is 9.45. The molecule has 14 heteroatoms. The molecular formula is C21H27F6N5O3. The van der Waals surface area contributed by atoms with Crippen molar-refractivity contribution < 1.29 is 40.7 Å². The number of fused-ring (bicyclic) bond motifs is 1. The molecule has 2 unspecified atom stereocenters. The quantitative estimate of drug-likeness (QED) is 0.570. The molecule has 2 saturated heterocycles. The van der Waals surface area contributed by atoms with E-state index in [-0.39, 0.29) is 30.8 Å². The number of nitrogens with zero attached hydrogens (tertiary/aromatic N) is 4. The normalized spacial score (nSPS) is 23.1. The van der Waals surface area contributed by atoms with Gasteiger partial charge in [0.15, 0.2) is 0 Å². The summed E-state index contributed by atoms with van der Waals surface area (Å²) in [7, 11) is 0. The summed E-state index contributed by atoms with van der Waals surface area (Å²) in [6.45, 7) is 4.42. The Morgan fingerprint density at radius 3 is 2.20 bits per heavy atom. The van der Waals surface area contributed by atoms with Crippen LogP contribution in [-0.4, -0.2) is 82.8 Å². The summed E-state index contributed by atoms with van der Waals surface area (Å²) in [6, 6.07) is 0. The number of halogens is 6. The van der Waals surface area contributed by atoms with Crippen molar-refractivity contribution in [2.24, 2.45) is 17.8 Å². The zero-order valence-corrected chi connectivity index (χ0v) is 19.0. The maximum absolute atomic E-state index is 12.7. The van der Waals surface area contributed by atoms with Crippen molar-refractivity contribution in [3.63, 3.8) is 0 Å². The van der Waals surface area contributed by atoms with Crippen LogP contribution in [0.2, 0.25) is 0 Å². The van der Waals surface area contributed by atoms with Gasteiger partial charge < -0.3 is 15.0 Å². The zero-order valence-electron chi connectivity index (χ0n) is 19.0. The van der Waals surface area contributed by atoms with Gasteiger partial charge in [0, 0.05) is 51.4 Å². The van der Waals surface area contributed by atoms with Gasteiger partial charge in [-0.15, -0.1) is 0 Å². The highest BCUT2D eigenvalue weighted by Crippen LogP contribution is 2.38. The van der Waals surface area contributed by atoms with Gasteiger partial charge in [0.2, 0.25) is 0 Å². The molecule has 1 saturated carbocycles. The molecule has 0 radical (unpaired) electrons. The Bertz CT molecular complexity index is 917. The summed E-state index contributed by atoms with van der Waals surface area (Å²) in [5.74, 6) is 0.0938. The maximum atomic E-state index is 12.7. The number of ether oxygens (including phenoxy) is 1. The molecule has 3 aliphatic rings. The second kappa shape index (κ2) is 9.51. The Hall–Kier alpha value is -2.51. The van der Waals surface area contributed by atoms with Crippen molar-refractivity contribution in [2.75, 3.05) is 32.7 Å². The number of nitrogens with one attached hydrogen (secondary N) is 1. The molecule has 2 atom stereocenters. The average molecular weight is 511 g/mol. The van der Waals surface area contributed by atoms with E-state index in [4.69, 9.17) is 0 Å². The Morgan fingerprint density at radius 2 is 1.69 bits per heavy atom. The molecule has 0 bridgehead atoms. The van der Waals surface area contributed by atoms with Crippen LogP contribution in [-0.2, 0) is 17.8 Å². The number of carbonyl (C=O) groups excluding carboxylic acids is 2. The van der Waals surface area contributed by atoms with Gasteiger partial charge in [-0.2, -0.15) is 31.4 Å². The number of aryl methyl sites for hydroxylation is 1. The van der Waals surface area contributed by atoms with Crippen LogP contribution in [0.5, 0.6) is 0 Å². The van der Waals surface area contributed by atoms with E-state index in [9.17, 15) is 35.9 Å². The Labute approximate surface area is 197 Å². The summed E-state index contributed by atoms with van der Waals surface area (Å²) < 4.78 is 81.7. The molecule has 35 heavy (non-hydrogen) atoms. The van der Waals surface area contributed by atoms with Crippen molar-refractivity contribution in [3.8, 4) is 0 Å². The van der Waals surface area contributed by atoms with Crippen LogP contribution >= 0.6 is 0 Å². The predicted octanol–water partition coefficient (Wildman–Crippen LogP) is 3.04. The van der Waals surface area contributed by atoms with Crippen molar-refractivity contribution in [2.45, 2.75) is 51.3 Å². The molecule has 1 aliphatic carbocycles. The lowest BCUT2D eigenvalue weighted by atomic mass is 10.0. The Balaban J connectivity index is 1.33. The molecule has 2 amide bonds. The van der Waals surface area contributed by atoms with Gasteiger partial charge in [-0.3, -0.25) is 14.4 Å². The van der Waals surface area contributed by atoms with E-state index < -0.39 is 24.5 Å². The summed E-state index contributed by atoms with van der Waals surface area (Å²) in [4.78, 5) is 27.8. The lowest BCUT2D eigenvalue weighted by molar-refractivity contribution is -0.308. The summed E-state index contributed by atoms with van der Waals surface area (Å²) >= 11 is 0. The first-order valence-electron chi connectivity index (χ1n) is 11.5. The molecule has 2 aliphatic heterocycles. The number of amides is 2. The zero-order chi connectivity index (χ0) is 25.5. The first-order valence-corrected chi connectivity index (χ1v) is 11.5. The fraction of sp³-hybridized carbons (Fsp3) is 0.762. The van der Waals surface area contributed by atoms with E-state index >= 15 is 0 Å². The fourth-order valence-electron chi connectivity index (χ4n) is 4.79. The Morgan fingerprint density at radius 1 is 1.09 bits per heavy atom. The van der Waals surface area contributed by atoms with Crippen LogP contribution in [0.1, 0.15) is 35.8 Å². The molecule has 1 aromatic rings. The first-order chi connectivity index (χ1) is 16.4. The molecule has 8 nitrogen and oxygen atoms in total. The number of aromatic nitrogens is 2. The molecule has 196 valence electrons. The van der Waals surface area contributed by atoms with Crippen LogP contribution in [0.25, 0.3) is 0 Å². The van der Waals surface area contributed by atoms with Gasteiger partial charge in [-0.25, -0.2) is 4.79 Å². The number of alkyl halides is 6. The number of likely N-dealkylation sites (tertiary alicyclic amines) is 2. The van der Waals surface area contributed by atoms with Crippen molar-refractivity contribution in [1.29, 1.82) is 0 Å². The third kappa shape index (κ3) is 5.84. The molecule has 4 rings (SSSR count). The molecule has 1 N–H and O–H groups in total. The smallest absolute Gasteiger partial charge is 0.426 e. The van der Waals surface area contributed by atoms with Gasteiger partial charge in [0.25, 0.3) is 12.0 Å². The average Bonchev–Trinajstić information content (AvgIpc) is 3.18. The van der Waals surface area contributed by atoms with Crippen LogP contribution in [0.15, 0.2) is 6.20 Å². The Kier molecular flexibility index (Phi) is 6.95. The molecule has 3 heterocycles. The lowest BCUT2D eigenvalue weighted by Crippen LogP contribution is -2.48. The van der Waals surface area contributed by atoms with Gasteiger partial charge in [0.05, 0.1) is 6.20 Å². The minimum atomic E-state index is -5.74. The second-order valence-corrected chi connectivity index (χ2v) is 9.45. The molecule has 0 spiro atoms. The monoisotopic (exact) mass is 511 g/mol. The SMILES string of the molecule is CCn1ncc(CN2CC3CN(C(=O)OC(C(F)(F)F)C(F)(F)F)CC3C2)c1C(=O)NCC1CC1. The summed E-state index contributed by atoms with van der Waals surface area (Å²) in [6.07, 6.45) is -13.4. The number of hydrogen-bond acceptors (Lipinski definition) is 5. The van der Waals surface area contributed by atoms with Crippen molar-refractivity contribution in [3.05, 3.63) is 17.5 Å². The van der Waals surface area contributed by atoms with E-state index in [0.29, 0.717) is 44.3 Å². The van der Waals surface area contributed by atoms with Crippen molar-refractivity contribution in [1.82, 2.24) is 24.9 Å². The van der Waals surface area contributed by atoms with Crippen LogP contribution < -0.4 is 5.32 Å². The van der Waals surface area contributed by atoms with E-state index in [2.05, 4.69) is 20.1 Å². The number of carbonyl (C=O) groups is 2. The lowest BCUT2D eigenvalue weighted by Gasteiger charge is -2.26. The molecule has 1 aromatic heterocycles. The standard InChI is InChI=1S/C21H27F6N5O3/c1-2-32-16(17(33)28-5-12-3-4-12)13(6-29-32)7-30-8-14-10-31(11-15(14)9-30)19(34)35-18(20(22,23)24)21(25,26)27/h6,12,14-15,18H,2-5,7-11H2,1H3,(H,28,33). The minimum Gasteiger partial charge on any atom is -0.426 e. The van der Waals surface area contributed by atoms with Gasteiger partial charge in [-0.05, 0) is 37.5 Å². The topological polar surface area (TPSA) is 79.7 Å². The van der Waals surface area contributed by atoms with Crippen molar-refractivity contribution >= 4 is 12.0 Å². The fourth-order valence-corrected chi connectivity index (χ4v) is 4.79. The van der Waals surface area contributed by atoms with Gasteiger partial charge in [-0.1, -0.05) is 0 Å². The molecule has 3 fully saturated rings. The molecule has 0 aromatic carbocycles. The van der Waals surface area contributed by atoms with E-state index in [1.54, 1.807) is 10.9 Å². The number of rotatable bonds is 7. The third-order valence-corrected chi connectivity index (χ3v) is 6.71. The highest BCUT2D eigenvalue weighted by atomic mass is 19.4. The van der Waals surface area contributed by atoms with Gasteiger partial charge >= 0.3 is 18.4 Å². The maximum Gasteiger partial charge on any atom is 0.434 e. The van der Waals surface area contributed by atoms with Crippen LogP contribution in [0, 0.1) is 17.8 Å². The summed E-state index contributed by atoms with van der Waals surface area (Å²) in [5.41, 5.74) is 1.23. The van der Waals surface area contributed by atoms with Crippen LogP contribution in [0.4, 0.5) is 31.1 Å². The largest absolute Gasteiger partial charge is 0.434 e. The van der Waals surface area contributed by atoms with Gasteiger partial charge in [0.1, 0.15) is 5.69 Å². The first kappa shape index (κ1) is 25.6. The minimum absolute atomic E-state index is 0.00535. The van der Waals surface area contributed by atoms with E-state index in [0.717, 1.165) is 23.3 Å². The highest BCUT2D eigenvalue weighted by Gasteiger charge is 2.60. The predicted molar refractivity (Wildman–Crippen MR) is 109 cm³/mol. The summed E-state index contributed by atoms with van der Waals surface area (Å²) in [5, 5.41) is 7.24. The molecular weight excluding hydrogens is 484 g/mol. The van der Waals surface area contributed by atoms with Crippen LogP contribution in [0.3, 0.4) is 0 Å². The third-order valence-electron chi connectivity index (χ3n) is 6.71. The van der Waals surface area contributed by atoms with E-state index in [1.807, 2.05) is 6.92 Å². The highest BCUT2D eigenvalue weighted by molar-refractivity contribution is 5.94. The van der Waals surface area contributed by atoms with E-state index in [1.165, 1.54) is 0 Å². The number of hydrogen-bond donors (Lipinski definition) is 1.